The molecule has 1 amide bonds. The van der Waals surface area contributed by atoms with Gasteiger partial charge in [-0.3, -0.25) is 14.8 Å². The third-order valence-electron chi connectivity index (χ3n) is 7.58. The van der Waals surface area contributed by atoms with Gasteiger partial charge in [0.25, 0.3) is 0 Å². The molecule has 2 fully saturated rings. The predicted octanol–water partition coefficient (Wildman–Crippen LogP) is 3.65. The van der Waals surface area contributed by atoms with Crippen molar-refractivity contribution in [2.24, 2.45) is 11.5 Å². The van der Waals surface area contributed by atoms with Gasteiger partial charge in [0.2, 0.25) is 5.91 Å². The number of nitrogens with two attached hydrogens (primary N) is 2. The summed E-state index contributed by atoms with van der Waals surface area (Å²) >= 11 is 0. The lowest BCUT2D eigenvalue weighted by molar-refractivity contribution is -0.120. The van der Waals surface area contributed by atoms with Gasteiger partial charge in [0.1, 0.15) is 0 Å². The minimum Gasteiger partial charge on any atom is -0.369 e. The van der Waals surface area contributed by atoms with Crippen molar-refractivity contribution in [3.8, 4) is 11.1 Å². The van der Waals surface area contributed by atoms with Gasteiger partial charge in [0.15, 0.2) is 0 Å². The Balaban J connectivity index is 0.00000228. The molecule has 0 spiro atoms. The number of fused-ring (bicyclic) bond motifs is 2. The molecule has 1 saturated heterocycles. The lowest BCUT2D eigenvalue weighted by Crippen LogP contribution is -2.29. The molecule has 1 aliphatic heterocycles. The molecule has 33 heavy (non-hydrogen) atoms. The van der Waals surface area contributed by atoms with E-state index in [9.17, 15) is 4.79 Å². The average Bonchev–Trinajstić information content (AvgIpc) is 3.53. The largest absolute Gasteiger partial charge is 0.369 e. The van der Waals surface area contributed by atoms with Crippen LogP contribution in [0.1, 0.15) is 49.1 Å². The minimum absolute atomic E-state index is 0. The second kappa shape index (κ2) is 8.26. The maximum Gasteiger partial charge on any atom is 0.229 e. The monoisotopic (exact) mass is 463 g/mol. The van der Waals surface area contributed by atoms with Gasteiger partial charge in [-0.2, -0.15) is 0 Å². The van der Waals surface area contributed by atoms with Crippen LogP contribution in [-0.4, -0.2) is 35.0 Å². The van der Waals surface area contributed by atoms with Gasteiger partial charge in [0.05, 0.1) is 22.3 Å². The summed E-state index contributed by atoms with van der Waals surface area (Å²) in [6.07, 6.45) is 8.97. The van der Waals surface area contributed by atoms with Gasteiger partial charge in [-0.1, -0.05) is 6.07 Å². The highest BCUT2D eigenvalue weighted by atomic mass is 35.5. The maximum absolute atomic E-state index is 12.0. The molecule has 4 N–H and O–H groups in total. The molecule has 6 rings (SSSR count). The molecule has 0 radical (unpaired) electrons. The predicted molar refractivity (Wildman–Crippen MR) is 134 cm³/mol. The van der Waals surface area contributed by atoms with E-state index in [0.29, 0.717) is 0 Å². The highest BCUT2D eigenvalue weighted by molar-refractivity contribution is 5.97. The van der Waals surface area contributed by atoms with E-state index >= 15 is 0 Å². The van der Waals surface area contributed by atoms with Crippen LogP contribution in [-0.2, 0) is 23.1 Å². The van der Waals surface area contributed by atoms with Crippen molar-refractivity contribution in [1.82, 2.24) is 9.97 Å². The molecular formula is C26H30ClN5O. The number of hydrogen-bond acceptors (Lipinski definition) is 5. The number of nitrogens with zero attached hydrogens (tertiary/aromatic N) is 3. The Morgan fingerprint density at radius 1 is 1.09 bits per heavy atom. The zero-order chi connectivity index (χ0) is 21.9. The summed E-state index contributed by atoms with van der Waals surface area (Å²) < 4.78 is 0. The number of benzene rings is 1. The van der Waals surface area contributed by atoms with E-state index < -0.39 is 5.41 Å². The van der Waals surface area contributed by atoms with Crippen molar-refractivity contribution in [2.75, 3.05) is 18.0 Å². The molecule has 3 aromatic rings. The van der Waals surface area contributed by atoms with Crippen molar-refractivity contribution in [3.05, 3.63) is 53.5 Å². The Labute approximate surface area is 200 Å². The maximum atomic E-state index is 12.0. The lowest BCUT2D eigenvalue weighted by atomic mass is 9.91. The number of halogens is 1. The zero-order valence-corrected chi connectivity index (χ0v) is 19.5. The topological polar surface area (TPSA) is 98.1 Å². The molecule has 1 atom stereocenters. The van der Waals surface area contributed by atoms with Crippen LogP contribution in [0.2, 0.25) is 0 Å². The number of anilines is 1. The van der Waals surface area contributed by atoms with Gasteiger partial charge in [0, 0.05) is 36.4 Å². The summed E-state index contributed by atoms with van der Waals surface area (Å²) in [6.45, 7) is 1.90. The van der Waals surface area contributed by atoms with Gasteiger partial charge >= 0.3 is 0 Å². The first kappa shape index (κ1) is 22.1. The molecular weight excluding hydrogens is 434 g/mol. The number of primary amides is 1. The van der Waals surface area contributed by atoms with Crippen LogP contribution >= 0.6 is 12.4 Å². The van der Waals surface area contributed by atoms with Crippen LogP contribution in [0, 0.1) is 0 Å². The number of hydrogen-bond donors (Lipinski definition) is 2. The molecule has 6 nitrogen and oxygen atoms in total. The van der Waals surface area contributed by atoms with Crippen molar-refractivity contribution in [3.63, 3.8) is 0 Å². The van der Waals surface area contributed by atoms with E-state index in [-0.39, 0.29) is 24.4 Å². The number of aryl methyl sites for hydroxylation is 1. The highest BCUT2D eigenvalue weighted by Gasteiger charge is 2.51. The van der Waals surface area contributed by atoms with Gasteiger partial charge in [-0.25, -0.2) is 0 Å². The Morgan fingerprint density at radius 3 is 2.61 bits per heavy atom. The summed E-state index contributed by atoms with van der Waals surface area (Å²) in [4.78, 5) is 24.1. The van der Waals surface area contributed by atoms with Crippen molar-refractivity contribution < 1.29 is 4.79 Å². The summed E-state index contributed by atoms with van der Waals surface area (Å²) in [5.74, 6) is -0.274. The van der Waals surface area contributed by atoms with E-state index in [0.717, 1.165) is 67.5 Å². The molecule has 1 aromatic carbocycles. The normalized spacial score (nSPS) is 20.9. The van der Waals surface area contributed by atoms with Crippen LogP contribution in [0.4, 0.5) is 5.69 Å². The second-order valence-corrected chi connectivity index (χ2v) is 9.70. The van der Waals surface area contributed by atoms with Crippen LogP contribution in [0.25, 0.3) is 22.0 Å². The number of carbonyl (C=O) groups is 1. The van der Waals surface area contributed by atoms with Crippen LogP contribution < -0.4 is 16.4 Å². The van der Waals surface area contributed by atoms with E-state index in [2.05, 4.69) is 28.1 Å². The fourth-order valence-corrected chi connectivity index (χ4v) is 5.56. The zero-order valence-electron chi connectivity index (χ0n) is 18.7. The third-order valence-corrected chi connectivity index (χ3v) is 7.58. The Hall–Kier alpha value is -2.70. The van der Waals surface area contributed by atoms with Crippen LogP contribution in [0.3, 0.4) is 0 Å². The number of pyridine rings is 2. The van der Waals surface area contributed by atoms with E-state index in [1.54, 1.807) is 6.20 Å². The first-order valence-electron chi connectivity index (χ1n) is 11.8. The highest BCUT2D eigenvalue weighted by Crippen LogP contribution is 2.48. The molecule has 0 bridgehead atoms. The molecule has 7 heteroatoms. The first-order valence-corrected chi connectivity index (χ1v) is 11.8. The van der Waals surface area contributed by atoms with E-state index in [1.165, 1.54) is 35.2 Å². The quantitative estimate of drug-likeness (QED) is 0.615. The Morgan fingerprint density at radius 2 is 1.88 bits per heavy atom. The average molecular weight is 464 g/mol. The summed E-state index contributed by atoms with van der Waals surface area (Å²) in [7, 11) is 0. The van der Waals surface area contributed by atoms with Crippen molar-refractivity contribution in [2.45, 2.75) is 56.4 Å². The van der Waals surface area contributed by atoms with Gasteiger partial charge in [-0.05, 0) is 85.9 Å². The SMILES string of the molecule is Cl.NC(=O)C1(c2cc(-c3ccc4nc5c(c(N6CC[C@H](N)C6)c4c3)CCCC5)ccn2)CC1. The standard InChI is InChI=1S/C26H29N5O.ClH/c27-18-8-12-31(15-18)24-19-3-1-2-4-21(19)30-22-6-5-16(13-20(22)24)17-7-11-29-23(14-17)26(9-10-26)25(28)32;/h5-7,11,13-14,18H,1-4,8-10,12,15,27H2,(H2,28,32);1H/t18-;/m0./s1. The smallest absolute Gasteiger partial charge is 0.229 e. The summed E-state index contributed by atoms with van der Waals surface area (Å²) in [5.41, 5.74) is 19.4. The minimum atomic E-state index is -0.579. The van der Waals surface area contributed by atoms with Crippen LogP contribution in [0.15, 0.2) is 36.5 Å². The lowest BCUT2D eigenvalue weighted by Gasteiger charge is -2.28. The first-order chi connectivity index (χ1) is 15.5. The number of rotatable bonds is 4. The number of amides is 1. The Kier molecular flexibility index (Phi) is 5.53. The molecule has 172 valence electrons. The molecule has 3 heterocycles. The second-order valence-electron chi connectivity index (χ2n) is 9.70. The van der Waals surface area contributed by atoms with Gasteiger partial charge in [-0.15, -0.1) is 12.4 Å². The third kappa shape index (κ3) is 3.65. The summed E-state index contributed by atoms with van der Waals surface area (Å²) in [5, 5.41) is 1.20. The number of carbonyl (C=O) groups excluding carboxylic acids is 1. The molecule has 3 aliphatic rings. The number of aromatic nitrogens is 2. The van der Waals surface area contributed by atoms with E-state index in [4.69, 9.17) is 16.5 Å². The van der Waals surface area contributed by atoms with Crippen LogP contribution in [0.5, 0.6) is 0 Å². The molecule has 2 aromatic heterocycles. The summed E-state index contributed by atoms with van der Waals surface area (Å²) in [6, 6.07) is 10.8. The Bertz CT molecular complexity index is 1240. The molecule has 2 aliphatic carbocycles. The fraction of sp³-hybridized carbons (Fsp3) is 0.423. The van der Waals surface area contributed by atoms with Crippen molar-refractivity contribution in [1.29, 1.82) is 0 Å². The molecule has 1 saturated carbocycles. The van der Waals surface area contributed by atoms with Gasteiger partial charge < -0.3 is 16.4 Å². The van der Waals surface area contributed by atoms with Crippen molar-refractivity contribution >= 4 is 34.9 Å². The molecule has 0 unspecified atom stereocenters. The fourth-order valence-electron chi connectivity index (χ4n) is 5.56. The van der Waals surface area contributed by atoms with E-state index in [1.807, 2.05) is 12.1 Å².